The number of aliphatic hydroxyl groups is 1. The van der Waals surface area contributed by atoms with Gasteiger partial charge in [-0.15, -0.1) is 0 Å². The van der Waals surface area contributed by atoms with Crippen molar-refractivity contribution in [1.82, 2.24) is 0 Å². The van der Waals surface area contributed by atoms with E-state index in [2.05, 4.69) is 54.5 Å². The molecule has 1 nitrogen and oxygen atoms in total. The smallest absolute Gasteiger partial charge is 0.0577 e. The summed E-state index contributed by atoms with van der Waals surface area (Å²) in [5, 5.41) is 10.3. The molecule has 5 unspecified atom stereocenters. The van der Waals surface area contributed by atoms with Crippen LogP contribution in [-0.2, 0) is 0 Å². The van der Waals surface area contributed by atoms with E-state index in [0.717, 1.165) is 60.2 Å². The van der Waals surface area contributed by atoms with Crippen LogP contribution >= 0.6 is 0 Å². The molecule has 0 heterocycles. The minimum Gasteiger partial charge on any atom is -0.393 e. The van der Waals surface area contributed by atoms with Gasteiger partial charge in [0.2, 0.25) is 0 Å². The Hall–Kier alpha value is -0.300. The Morgan fingerprint density at radius 3 is 2.37 bits per heavy atom. The second-order valence-electron chi connectivity index (χ2n) is 13.2. The Labute approximate surface area is 187 Å². The highest BCUT2D eigenvalue weighted by Crippen LogP contribution is 2.67. The molecular weight excluding hydrogens is 364 g/mol. The summed E-state index contributed by atoms with van der Waals surface area (Å²) in [6.07, 6.45) is 14.2. The van der Waals surface area contributed by atoms with Crippen molar-refractivity contribution in [3.8, 4) is 0 Å². The molecule has 4 rings (SSSR count). The summed E-state index contributed by atoms with van der Waals surface area (Å²) >= 11 is 0. The van der Waals surface area contributed by atoms with Gasteiger partial charge in [-0.1, -0.05) is 60.1 Å². The zero-order chi connectivity index (χ0) is 21.8. The summed E-state index contributed by atoms with van der Waals surface area (Å²) in [6.45, 7) is 17.7. The van der Waals surface area contributed by atoms with Gasteiger partial charge in [0.25, 0.3) is 0 Å². The van der Waals surface area contributed by atoms with E-state index in [4.69, 9.17) is 0 Å². The lowest BCUT2D eigenvalue weighted by molar-refractivity contribution is -0.0608. The molecule has 0 aromatic heterocycles. The van der Waals surface area contributed by atoms with Crippen LogP contribution in [0.4, 0.5) is 0 Å². The van der Waals surface area contributed by atoms with Gasteiger partial charge in [0.1, 0.15) is 0 Å². The van der Waals surface area contributed by atoms with Crippen LogP contribution in [0.25, 0.3) is 0 Å². The maximum atomic E-state index is 10.3. The monoisotopic (exact) mass is 414 g/mol. The van der Waals surface area contributed by atoms with Crippen LogP contribution in [-0.4, -0.2) is 11.2 Å². The van der Waals surface area contributed by atoms with Crippen LogP contribution in [0.3, 0.4) is 0 Å². The van der Waals surface area contributed by atoms with Crippen molar-refractivity contribution >= 4 is 0 Å². The topological polar surface area (TPSA) is 20.2 Å². The second-order valence-corrected chi connectivity index (χ2v) is 13.2. The second kappa shape index (κ2) is 8.24. The summed E-state index contributed by atoms with van der Waals surface area (Å²) in [6, 6.07) is 0. The molecule has 3 fully saturated rings. The van der Waals surface area contributed by atoms with Crippen molar-refractivity contribution < 1.29 is 5.11 Å². The number of hydrogen-bond donors (Lipinski definition) is 1. The zero-order valence-electron chi connectivity index (χ0n) is 21.1. The Morgan fingerprint density at radius 1 is 0.933 bits per heavy atom. The predicted octanol–water partition coefficient (Wildman–Crippen LogP) is 7.88. The SMILES string of the molecule is CC(C1CCC2C3CC=C4C[C@@H](O)CC[C@]4(C)C3CC[C@@]21C)[C@H](C)C[C@H](C)C(C)C. The minimum absolute atomic E-state index is 0.0823. The summed E-state index contributed by atoms with van der Waals surface area (Å²) in [7, 11) is 0. The molecule has 10 atom stereocenters. The van der Waals surface area contributed by atoms with E-state index in [1.165, 1.54) is 44.9 Å². The fourth-order valence-corrected chi connectivity index (χ4v) is 9.02. The lowest BCUT2D eigenvalue weighted by atomic mass is 9.46. The van der Waals surface area contributed by atoms with E-state index < -0.39 is 0 Å². The molecule has 4 aliphatic rings. The van der Waals surface area contributed by atoms with Gasteiger partial charge in [0.15, 0.2) is 0 Å². The molecule has 0 aromatic rings. The van der Waals surface area contributed by atoms with E-state index in [1.54, 1.807) is 5.57 Å². The van der Waals surface area contributed by atoms with Crippen LogP contribution < -0.4 is 0 Å². The Morgan fingerprint density at radius 2 is 1.67 bits per heavy atom. The lowest BCUT2D eigenvalue weighted by Crippen LogP contribution is -2.51. The average molecular weight is 415 g/mol. The van der Waals surface area contributed by atoms with Crippen molar-refractivity contribution in [2.45, 2.75) is 112 Å². The molecular formula is C29H50O. The molecule has 0 radical (unpaired) electrons. The molecule has 1 heteroatoms. The summed E-state index contributed by atoms with van der Waals surface area (Å²) in [4.78, 5) is 0. The number of aliphatic hydroxyl groups excluding tert-OH is 1. The maximum Gasteiger partial charge on any atom is 0.0577 e. The fraction of sp³-hybridized carbons (Fsp3) is 0.931. The first kappa shape index (κ1) is 22.9. The van der Waals surface area contributed by atoms with E-state index >= 15 is 0 Å². The average Bonchev–Trinajstić information content (AvgIpc) is 3.04. The maximum absolute atomic E-state index is 10.3. The van der Waals surface area contributed by atoms with Crippen LogP contribution in [0.5, 0.6) is 0 Å². The first-order valence-corrected chi connectivity index (χ1v) is 13.5. The fourth-order valence-electron chi connectivity index (χ4n) is 9.02. The summed E-state index contributed by atoms with van der Waals surface area (Å²) in [5.74, 6) is 6.96. The normalized spacial score (nSPS) is 46.4. The van der Waals surface area contributed by atoms with E-state index in [0.29, 0.717) is 10.8 Å². The van der Waals surface area contributed by atoms with Crippen molar-refractivity contribution in [1.29, 1.82) is 0 Å². The number of allylic oxidation sites excluding steroid dienone is 1. The van der Waals surface area contributed by atoms with Crippen molar-refractivity contribution in [3.05, 3.63) is 11.6 Å². The van der Waals surface area contributed by atoms with E-state index in [-0.39, 0.29) is 6.10 Å². The molecule has 172 valence electrons. The van der Waals surface area contributed by atoms with E-state index in [1.807, 2.05) is 0 Å². The molecule has 0 spiro atoms. The highest BCUT2D eigenvalue weighted by atomic mass is 16.3. The van der Waals surface area contributed by atoms with Gasteiger partial charge in [-0.3, -0.25) is 0 Å². The van der Waals surface area contributed by atoms with Gasteiger partial charge in [-0.25, -0.2) is 0 Å². The number of rotatable bonds is 5. The molecule has 0 saturated heterocycles. The minimum atomic E-state index is -0.0823. The third kappa shape index (κ3) is 3.64. The highest BCUT2D eigenvalue weighted by molar-refractivity contribution is 5.25. The zero-order valence-corrected chi connectivity index (χ0v) is 21.1. The first-order chi connectivity index (χ1) is 14.1. The molecule has 0 aromatic carbocycles. The molecule has 30 heavy (non-hydrogen) atoms. The van der Waals surface area contributed by atoms with Gasteiger partial charge in [0.05, 0.1) is 6.10 Å². The predicted molar refractivity (Wildman–Crippen MR) is 128 cm³/mol. The third-order valence-electron chi connectivity index (χ3n) is 11.6. The molecule has 3 saturated carbocycles. The largest absolute Gasteiger partial charge is 0.393 e. The van der Waals surface area contributed by atoms with Crippen LogP contribution in [0.1, 0.15) is 106 Å². The standard InChI is InChI=1S/C29H50O/c1-18(2)19(3)16-20(4)21(5)25-10-11-26-24-9-8-22-17-23(30)12-14-28(22,6)27(24)13-15-29(25,26)7/h8,18-21,23-27,30H,9-17H2,1-7H3/t19-,20+,21?,23-,24?,25?,26?,27?,28-,29+/m0/s1. The van der Waals surface area contributed by atoms with Crippen molar-refractivity contribution in [3.63, 3.8) is 0 Å². The highest BCUT2D eigenvalue weighted by Gasteiger charge is 2.59. The molecule has 0 aliphatic heterocycles. The van der Waals surface area contributed by atoms with Gasteiger partial charge in [0, 0.05) is 0 Å². The molecule has 0 bridgehead atoms. The lowest BCUT2D eigenvalue weighted by Gasteiger charge is -2.58. The van der Waals surface area contributed by atoms with Gasteiger partial charge >= 0.3 is 0 Å². The Balaban J connectivity index is 1.51. The van der Waals surface area contributed by atoms with Crippen molar-refractivity contribution in [2.24, 2.45) is 58.2 Å². The summed E-state index contributed by atoms with van der Waals surface area (Å²) in [5.41, 5.74) is 2.56. The quantitative estimate of drug-likeness (QED) is 0.454. The number of fused-ring (bicyclic) bond motifs is 5. The molecule has 0 amide bonds. The number of hydrogen-bond acceptors (Lipinski definition) is 1. The van der Waals surface area contributed by atoms with Gasteiger partial charge < -0.3 is 5.11 Å². The summed E-state index contributed by atoms with van der Waals surface area (Å²) < 4.78 is 0. The van der Waals surface area contributed by atoms with E-state index in [9.17, 15) is 5.11 Å². The third-order valence-corrected chi connectivity index (χ3v) is 11.6. The van der Waals surface area contributed by atoms with Crippen LogP contribution in [0.15, 0.2) is 11.6 Å². The molecule has 1 N–H and O–H groups in total. The Bertz CT molecular complexity index is 649. The Kier molecular flexibility index (Phi) is 6.28. The van der Waals surface area contributed by atoms with Gasteiger partial charge in [-0.2, -0.15) is 0 Å². The van der Waals surface area contributed by atoms with Crippen LogP contribution in [0, 0.1) is 58.2 Å². The first-order valence-electron chi connectivity index (χ1n) is 13.5. The van der Waals surface area contributed by atoms with Crippen LogP contribution in [0.2, 0.25) is 0 Å². The van der Waals surface area contributed by atoms with Crippen molar-refractivity contribution in [2.75, 3.05) is 0 Å². The molecule has 4 aliphatic carbocycles. The van der Waals surface area contributed by atoms with Gasteiger partial charge in [-0.05, 0) is 116 Å².